The molecular formula is C6H17NO13S2. The van der Waals surface area contributed by atoms with E-state index in [9.17, 15) is 4.79 Å². The lowest BCUT2D eigenvalue weighted by atomic mass is 10.0. The van der Waals surface area contributed by atoms with E-state index in [4.69, 9.17) is 61.2 Å². The first-order chi connectivity index (χ1) is 9.54. The van der Waals surface area contributed by atoms with Gasteiger partial charge in [-0.15, -0.1) is 0 Å². The second kappa shape index (κ2) is 11.7. The van der Waals surface area contributed by atoms with Crippen LogP contribution in [0.2, 0.25) is 0 Å². The first-order valence-electron chi connectivity index (χ1n) is 4.80. The highest BCUT2D eigenvalue weighted by atomic mass is 32.3. The SMILES string of the molecule is N[C@@H](C=O)[C@@H](O)[C@H](O)[C@H](O)CO.O=S(=O)(O)O.O=S(=O)(O)O. The zero-order valence-electron chi connectivity index (χ0n) is 10.6. The Bertz CT molecular complexity index is 441. The third-order valence-corrected chi connectivity index (χ3v) is 1.48. The van der Waals surface area contributed by atoms with Crippen LogP contribution in [0.4, 0.5) is 0 Å². The Balaban J connectivity index is -0.000000298. The quantitative estimate of drug-likeness (QED) is 0.161. The standard InChI is InChI=1S/C6H13NO5.2H2O4S/c7-3(1-8)5(11)6(12)4(10)2-9;2*1-5(2,3)4/h1,3-6,9-12H,2,7H2;2*(H2,1,2,3,4)/t3-,4+,5+,6+;;/m0../s1. The van der Waals surface area contributed by atoms with Crippen LogP contribution < -0.4 is 5.73 Å². The summed E-state index contributed by atoms with van der Waals surface area (Å²) in [5.41, 5.74) is 5.04. The van der Waals surface area contributed by atoms with Crippen LogP contribution in [0.15, 0.2) is 0 Å². The Morgan fingerprint density at radius 2 is 1.14 bits per heavy atom. The van der Waals surface area contributed by atoms with Gasteiger partial charge in [-0.2, -0.15) is 16.8 Å². The summed E-state index contributed by atoms with van der Waals surface area (Å²) in [6.45, 7) is -0.705. The number of carbonyl (C=O) groups is 1. The van der Waals surface area contributed by atoms with E-state index >= 15 is 0 Å². The molecule has 0 aromatic heterocycles. The second-order valence-electron chi connectivity index (χ2n) is 3.34. The monoisotopic (exact) mass is 375 g/mol. The van der Waals surface area contributed by atoms with Crippen molar-refractivity contribution in [3.63, 3.8) is 0 Å². The van der Waals surface area contributed by atoms with E-state index in [1.54, 1.807) is 0 Å². The zero-order valence-corrected chi connectivity index (χ0v) is 12.2. The number of aliphatic hydroxyl groups is 4. The molecule has 0 saturated heterocycles. The summed E-state index contributed by atoms with van der Waals surface area (Å²) >= 11 is 0. The third-order valence-electron chi connectivity index (χ3n) is 1.48. The van der Waals surface area contributed by atoms with Crippen molar-refractivity contribution in [2.75, 3.05) is 6.61 Å². The van der Waals surface area contributed by atoms with Crippen LogP contribution in [0.3, 0.4) is 0 Å². The first kappa shape index (κ1) is 26.1. The fourth-order valence-electron chi connectivity index (χ4n) is 0.644. The Hall–Kier alpha value is -0.790. The average Bonchev–Trinajstić information content (AvgIpc) is 2.30. The molecule has 0 aromatic carbocycles. The maximum Gasteiger partial charge on any atom is 0.394 e. The molecule has 0 rings (SSSR count). The Kier molecular flexibility index (Phi) is 13.9. The Morgan fingerprint density at radius 1 is 0.864 bits per heavy atom. The van der Waals surface area contributed by atoms with E-state index in [1.807, 2.05) is 0 Å². The Labute approximate surface area is 125 Å². The van der Waals surface area contributed by atoms with Crippen LogP contribution in [0.25, 0.3) is 0 Å². The van der Waals surface area contributed by atoms with Gasteiger partial charge in [0.15, 0.2) is 0 Å². The molecule has 0 radical (unpaired) electrons. The molecule has 0 saturated carbocycles. The van der Waals surface area contributed by atoms with Gasteiger partial charge in [0.05, 0.1) is 12.6 Å². The predicted molar refractivity (Wildman–Crippen MR) is 67.5 cm³/mol. The fraction of sp³-hybridized carbons (Fsp3) is 0.833. The lowest BCUT2D eigenvalue weighted by Gasteiger charge is -2.23. The van der Waals surface area contributed by atoms with E-state index in [1.165, 1.54) is 0 Å². The molecule has 10 N–H and O–H groups in total. The third kappa shape index (κ3) is 27.5. The molecule has 0 spiro atoms. The molecule has 0 heterocycles. The van der Waals surface area contributed by atoms with E-state index in [-0.39, 0.29) is 6.29 Å². The van der Waals surface area contributed by atoms with Gasteiger partial charge in [-0.25, -0.2) is 0 Å². The average molecular weight is 375 g/mol. The molecule has 0 aliphatic carbocycles. The minimum atomic E-state index is -4.67. The maximum absolute atomic E-state index is 10.0. The number of carbonyl (C=O) groups excluding carboxylic acids is 1. The number of hydrogen-bond acceptors (Lipinski definition) is 10. The molecule has 136 valence electrons. The maximum atomic E-state index is 10.0. The number of hydrogen-bond donors (Lipinski definition) is 9. The van der Waals surface area contributed by atoms with Gasteiger partial charge in [-0.1, -0.05) is 0 Å². The largest absolute Gasteiger partial charge is 0.394 e. The summed E-state index contributed by atoms with van der Waals surface area (Å²) in [4.78, 5) is 10.0. The molecule has 0 aliphatic rings. The Morgan fingerprint density at radius 3 is 1.32 bits per heavy atom. The van der Waals surface area contributed by atoms with Gasteiger partial charge in [0, 0.05) is 0 Å². The molecule has 0 amide bonds. The molecule has 0 aliphatic heterocycles. The molecule has 0 unspecified atom stereocenters. The van der Waals surface area contributed by atoms with Crippen LogP contribution >= 0.6 is 0 Å². The van der Waals surface area contributed by atoms with E-state index in [2.05, 4.69) is 0 Å². The van der Waals surface area contributed by atoms with E-state index in [0.717, 1.165) is 0 Å². The molecule has 4 atom stereocenters. The van der Waals surface area contributed by atoms with Crippen molar-refractivity contribution in [2.24, 2.45) is 5.73 Å². The van der Waals surface area contributed by atoms with Gasteiger partial charge in [-0.3, -0.25) is 18.2 Å². The topological polar surface area (TPSA) is 273 Å². The highest BCUT2D eigenvalue weighted by Crippen LogP contribution is 2.01. The first-order valence-corrected chi connectivity index (χ1v) is 7.59. The molecular weight excluding hydrogens is 358 g/mol. The molecule has 0 fully saturated rings. The van der Waals surface area contributed by atoms with Crippen LogP contribution in [0, 0.1) is 0 Å². The van der Waals surface area contributed by atoms with Crippen molar-refractivity contribution in [1.82, 2.24) is 0 Å². The minimum absolute atomic E-state index is 0.248. The predicted octanol–water partition coefficient (Wildman–Crippen LogP) is -4.72. The van der Waals surface area contributed by atoms with Crippen LogP contribution in [-0.4, -0.2) is 92.7 Å². The van der Waals surface area contributed by atoms with Crippen molar-refractivity contribution in [2.45, 2.75) is 24.4 Å². The molecule has 16 heteroatoms. The summed E-state index contributed by atoms with van der Waals surface area (Å²) in [7, 11) is -9.33. The van der Waals surface area contributed by atoms with E-state index in [0.29, 0.717) is 0 Å². The van der Waals surface area contributed by atoms with Crippen molar-refractivity contribution in [3.8, 4) is 0 Å². The summed E-state index contributed by atoms with van der Waals surface area (Å²) in [5.74, 6) is 0. The van der Waals surface area contributed by atoms with Gasteiger partial charge >= 0.3 is 20.8 Å². The molecule has 0 aromatic rings. The van der Waals surface area contributed by atoms with Crippen molar-refractivity contribution in [1.29, 1.82) is 0 Å². The normalized spacial score (nSPS) is 16.8. The highest BCUT2D eigenvalue weighted by molar-refractivity contribution is 7.80. The summed E-state index contributed by atoms with van der Waals surface area (Å²) in [6.07, 6.45) is -4.43. The minimum Gasteiger partial charge on any atom is -0.394 e. The summed E-state index contributed by atoms with van der Waals surface area (Å²) in [5, 5.41) is 35.2. The number of aldehydes is 1. The lowest BCUT2D eigenvalue weighted by Crippen LogP contribution is -2.49. The fourth-order valence-corrected chi connectivity index (χ4v) is 0.644. The van der Waals surface area contributed by atoms with Crippen molar-refractivity contribution < 1.29 is 60.3 Å². The lowest BCUT2D eigenvalue weighted by molar-refractivity contribution is -0.118. The summed E-state index contributed by atoms with van der Waals surface area (Å²) < 4.78 is 63.2. The van der Waals surface area contributed by atoms with Crippen molar-refractivity contribution >= 4 is 27.1 Å². The van der Waals surface area contributed by atoms with Crippen molar-refractivity contribution in [3.05, 3.63) is 0 Å². The highest BCUT2D eigenvalue weighted by Gasteiger charge is 2.28. The van der Waals surface area contributed by atoms with Crippen LogP contribution in [0.1, 0.15) is 0 Å². The number of nitrogens with two attached hydrogens (primary N) is 1. The molecule has 22 heavy (non-hydrogen) atoms. The number of aliphatic hydroxyl groups excluding tert-OH is 4. The molecule has 0 bridgehead atoms. The van der Waals surface area contributed by atoms with Gasteiger partial charge in [-0.05, 0) is 0 Å². The van der Waals surface area contributed by atoms with E-state index < -0.39 is 51.8 Å². The van der Waals surface area contributed by atoms with Gasteiger partial charge in [0.2, 0.25) is 0 Å². The van der Waals surface area contributed by atoms with Crippen LogP contribution in [0.5, 0.6) is 0 Å². The summed E-state index contributed by atoms with van der Waals surface area (Å²) in [6, 6.07) is -1.26. The second-order valence-corrected chi connectivity index (χ2v) is 5.13. The molecule has 14 nitrogen and oxygen atoms in total. The smallest absolute Gasteiger partial charge is 0.394 e. The van der Waals surface area contributed by atoms with Crippen LogP contribution in [-0.2, 0) is 25.6 Å². The number of rotatable bonds is 5. The van der Waals surface area contributed by atoms with Gasteiger partial charge in [0.25, 0.3) is 0 Å². The zero-order chi connectivity index (χ0) is 18.7. The van der Waals surface area contributed by atoms with Gasteiger partial charge < -0.3 is 31.0 Å². The van der Waals surface area contributed by atoms with Gasteiger partial charge in [0.1, 0.15) is 24.6 Å².